The minimum Gasteiger partial charge on any atom is -0.480 e. The molecule has 1 rings (SSSR count). The molecule has 0 spiro atoms. The van der Waals surface area contributed by atoms with Gasteiger partial charge < -0.3 is 31.9 Å². The first-order valence-corrected chi connectivity index (χ1v) is 10.8. The summed E-state index contributed by atoms with van der Waals surface area (Å²) < 4.78 is 0. The Balaban J connectivity index is 2.99. The van der Waals surface area contributed by atoms with Gasteiger partial charge in [-0.1, -0.05) is 44.2 Å². The Morgan fingerprint density at radius 2 is 1.47 bits per heavy atom. The van der Waals surface area contributed by atoms with Gasteiger partial charge in [-0.15, -0.1) is 0 Å². The number of aliphatic hydroxyl groups excluding tert-OH is 1. The Bertz CT molecular complexity index is 790. The van der Waals surface area contributed by atoms with Gasteiger partial charge in [-0.2, -0.15) is 12.6 Å². The van der Waals surface area contributed by atoms with Crippen LogP contribution in [0.25, 0.3) is 0 Å². The highest BCUT2D eigenvalue weighted by molar-refractivity contribution is 7.80. The van der Waals surface area contributed by atoms with Crippen molar-refractivity contribution in [3.8, 4) is 0 Å². The molecule has 0 radical (unpaired) electrons. The molecule has 5 atom stereocenters. The number of rotatable bonds is 12. The maximum Gasteiger partial charge on any atom is 0.328 e. The quantitative estimate of drug-likeness (QED) is 0.194. The Labute approximate surface area is 192 Å². The average molecular weight is 469 g/mol. The second-order valence-corrected chi connectivity index (χ2v) is 8.19. The zero-order valence-corrected chi connectivity index (χ0v) is 19.2. The number of amides is 3. The molecule has 0 bridgehead atoms. The molecule has 7 N–H and O–H groups in total. The van der Waals surface area contributed by atoms with Gasteiger partial charge in [0.15, 0.2) is 6.04 Å². The normalized spacial score (nSPS) is 15.7. The van der Waals surface area contributed by atoms with Crippen LogP contribution in [-0.4, -0.2) is 69.9 Å². The predicted molar refractivity (Wildman–Crippen MR) is 122 cm³/mol. The van der Waals surface area contributed by atoms with Crippen molar-refractivity contribution in [3.63, 3.8) is 0 Å². The molecule has 0 saturated carbocycles. The van der Waals surface area contributed by atoms with Crippen molar-refractivity contribution < 1.29 is 29.4 Å². The number of carbonyl (C=O) groups excluding carboxylic acids is 3. The summed E-state index contributed by atoms with van der Waals surface area (Å²) in [5.41, 5.74) is 6.67. The van der Waals surface area contributed by atoms with Crippen LogP contribution in [0.1, 0.15) is 26.3 Å². The van der Waals surface area contributed by atoms with Gasteiger partial charge in [0.25, 0.3) is 0 Å². The molecule has 3 amide bonds. The van der Waals surface area contributed by atoms with Crippen LogP contribution < -0.4 is 21.7 Å². The third kappa shape index (κ3) is 8.48. The van der Waals surface area contributed by atoms with Crippen molar-refractivity contribution in [2.75, 3.05) is 5.75 Å². The number of nitrogens with two attached hydrogens (primary N) is 1. The Kier molecular flexibility index (Phi) is 11.2. The summed E-state index contributed by atoms with van der Waals surface area (Å²) in [5, 5.41) is 26.0. The topological polar surface area (TPSA) is 171 Å². The standard InChI is InChI=1S/C21H32N4O6S/c1-11(2)16(22)20(29)23-14(9-13-7-5-4-6-8-13)18(27)24-15(10-32)19(28)25-17(12(3)26)21(30)31/h4-8,11-12,14-17,26,32H,9-10,22H2,1-3H3,(H,23,29)(H,24,27)(H,25,28)(H,30,31)/t12-,14+,15+,16+,17+/m1/s1. The number of hydrogen-bond acceptors (Lipinski definition) is 7. The molecular formula is C21H32N4O6S. The van der Waals surface area contributed by atoms with Gasteiger partial charge in [-0.25, -0.2) is 4.79 Å². The molecule has 10 nitrogen and oxygen atoms in total. The molecule has 11 heteroatoms. The van der Waals surface area contributed by atoms with E-state index in [2.05, 4.69) is 28.6 Å². The molecule has 0 aromatic heterocycles. The van der Waals surface area contributed by atoms with Gasteiger partial charge in [0, 0.05) is 12.2 Å². The van der Waals surface area contributed by atoms with E-state index in [-0.39, 0.29) is 18.1 Å². The van der Waals surface area contributed by atoms with E-state index in [1.165, 1.54) is 6.92 Å². The average Bonchev–Trinajstić information content (AvgIpc) is 2.74. The highest BCUT2D eigenvalue weighted by Crippen LogP contribution is 2.06. The fraction of sp³-hybridized carbons (Fsp3) is 0.524. The maximum absolute atomic E-state index is 13.0. The molecule has 0 heterocycles. The summed E-state index contributed by atoms with van der Waals surface area (Å²) in [5.74, 6) is -3.71. The lowest BCUT2D eigenvalue weighted by atomic mass is 10.0. The molecule has 0 saturated heterocycles. The fourth-order valence-electron chi connectivity index (χ4n) is 2.74. The molecule has 0 unspecified atom stereocenters. The van der Waals surface area contributed by atoms with Crippen LogP contribution in [0.15, 0.2) is 30.3 Å². The Morgan fingerprint density at radius 1 is 0.938 bits per heavy atom. The van der Waals surface area contributed by atoms with Gasteiger partial charge in [-0.3, -0.25) is 14.4 Å². The number of aliphatic hydroxyl groups is 1. The van der Waals surface area contributed by atoms with Crippen LogP contribution in [0.4, 0.5) is 0 Å². The van der Waals surface area contributed by atoms with E-state index in [4.69, 9.17) is 10.8 Å². The zero-order valence-electron chi connectivity index (χ0n) is 18.3. The van der Waals surface area contributed by atoms with E-state index in [1.807, 2.05) is 6.07 Å². The molecule has 32 heavy (non-hydrogen) atoms. The number of carboxylic acid groups (broad SMARTS) is 1. The van der Waals surface area contributed by atoms with Crippen LogP contribution in [0, 0.1) is 5.92 Å². The van der Waals surface area contributed by atoms with Crippen LogP contribution in [-0.2, 0) is 25.6 Å². The number of thiol groups is 1. The summed E-state index contributed by atoms with van der Waals surface area (Å²) >= 11 is 4.06. The first kappa shape index (κ1) is 27.4. The largest absolute Gasteiger partial charge is 0.480 e. The third-order valence-electron chi connectivity index (χ3n) is 4.80. The van der Waals surface area contributed by atoms with Crippen LogP contribution in [0.5, 0.6) is 0 Å². The number of hydrogen-bond donors (Lipinski definition) is 7. The molecule has 0 aliphatic heterocycles. The second kappa shape index (κ2) is 13.0. The summed E-state index contributed by atoms with van der Waals surface area (Å²) in [6.07, 6.45) is -1.20. The summed E-state index contributed by atoms with van der Waals surface area (Å²) in [6, 6.07) is 4.37. The van der Waals surface area contributed by atoms with E-state index >= 15 is 0 Å². The lowest BCUT2D eigenvalue weighted by Gasteiger charge is -2.25. The third-order valence-corrected chi connectivity index (χ3v) is 5.16. The molecular weight excluding hydrogens is 436 g/mol. The SMILES string of the molecule is CC(C)[C@H](N)C(=O)N[C@@H](Cc1ccccc1)C(=O)N[C@@H](CS)C(=O)N[C@H](C(=O)O)[C@@H](C)O. The molecule has 1 aromatic rings. The molecule has 0 aliphatic carbocycles. The number of carboxylic acids is 1. The Hall–Kier alpha value is -2.63. The predicted octanol–water partition coefficient (Wildman–Crippen LogP) is -0.938. The minimum absolute atomic E-state index is 0.138. The van der Waals surface area contributed by atoms with Crippen molar-refractivity contribution in [2.45, 2.75) is 57.5 Å². The van der Waals surface area contributed by atoms with Gasteiger partial charge >= 0.3 is 5.97 Å². The monoisotopic (exact) mass is 468 g/mol. The highest BCUT2D eigenvalue weighted by atomic mass is 32.1. The van der Waals surface area contributed by atoms with Crippen molar-refractivity contribution in [2.24, 2.45) is 11.7 Å². The van der Waals surface area contributed by atoms with Crippen LogP contribution >= 0.6 is 12.6 Å². The van der Waals surface area contributed by atoms with Gasteiger partial charge in [0.2, 0.25) is 17.7 Å². The summed E-state index contributed by atoms with van der Waals surface area (Å²) in [6.45, 7) is 4.77. The molecule has 178 valence electrons. The highest BCUT2D eigenvalue weighted by Gasteiger charge is 2.31. The lowest BCUT2D eigenvalue weighted by Crippen LogP contribution is -2.59. The maximum atomic E-state index is 13.0. The second-order valence-electron chi connectivity index (χ2n) is 7.83. The first-order valence-electron chi connectivity index (χ1n) is 10.2. The van der Waals surface area contributed by atoms with Crippen molar-refractivity contribution in [3.05, 3.63) is 35.9 Å². The number of aliphatic carboxylic acids is 1. The van der Waals surface area contributed by atoms with E-state index < -0.39 is 54.0 Å². The fourth-order valence-corrected chi connectivity index (χ4v) is 3.00. The van der Waals surface area contributed by atoms with E-state index in [1.54, 1.807) is 38.1 Å². The number of benzene rings is 1. The number of nitrogens with one attached hydrogen (secondary N) is 3. The van der Waals surface area contributed by atoms with Crippen molar-refractivity contribution >= 4 is 36.3 Å². The number of carbonyl (C=O) groups is 4. The first-order chi connectivity index (χ1) is 15.0. The molecule has 0 aliphatic rings. The van der Waals surface area contributed by atoms with E-state index in [0.29, 0.717) is 0 Å². The minimum atomic E-state index is -1.55. The molecule has 0 fully saturated rings. The van der Waals surface area contributed by atoms with Crippen LogP contribution in [0.3, 0.4) is 0 Å². The van der Waals surface area contributed by atoms with E-state index in [9.17, 15) is 24.3 Å². The summed E-state index contributed by atoms with van der Waals surface area (Å²) in [7, 11) is 0. The molecule has 1 aromatic carbocycles. The lowest BCUT2D eigenvalue weighted by molar-refractivity contribution is -0.145. The smallest absolute Gasteiger partial charge is 0.328 e. The van der Waals surface area contributed by atoms with Gasteiger partial charge in [0.05, 0.1) is 12.1 Å². The zero-order chi connectivity index (χ0) is 24.4. The Morgan fingerprint density at radius 3 is 1.94 bits per heavy atom. The van der Waals surface area contributed by atoms with Gasteiger partial charge in [-0.05, 0) is 18.4 Å². The van der Waals surface area contributed by atoms with E-state index in [0.717, 1.165) is 5.56 Å². The summed E-state index contributed by atoms with van der Waals surface area (Å²) in [4.78, 5) is 49.1. The van der Waals surface area contributed by atoms with Gasteiger partial charge in [0.1, 0.15) is 12.1 Å². The van der Waals surface area contributed by atoms with Crippen molar-refractivity contribution in [1.82, 2.24) is 16.0 Å². The van der Waals surface area contributed by atoms with Crippen molar-refractivity contribution in [1.29, 1.82) is 0 Å². The van der Waals surface area contributed by atoms with Crippen LogP contribution in [0.2, 0.25) is 0 Å².